The summed E-state index contributed by atoms with van der Waals surface area (Å²) in [6.45, 7) is 5.03. The Kier molecular flexibility index (Phi) is 3.20. The van der Waals surface area contributed by atoms with Crippen molar-refractivity contribution in [2.45, 2.75) is 25.4 Å². The van der Waals surface area contributed by atoms with Gasteiger partial charge in [0.2, 0.25) is 0 Å². The van der Waals surface area contributed by atoms with Gasteiger partial charge in [-0.05, 0) is 6.92 Å². The molecule has 1 unspecified atom stereocenters. The maximum absolute atomic E-state index is 11.7. The number of hydrogen-bond acceptors (Lipinski definition) is 6. The first-order chi connectivity index (χ1) is 8.45. The standard InChI is InChI=1S/C11H15N3O4/c1-5-3-14(11(17)13-9(5)12)10-6(2)8(16)7(4-15)18-10/h3,7-8,10,15-16H,2,4H2,1H3,(H2,12,13,17)/t7-,8?,10-/m1/s1. The number of hydrogen-bond donors (Lipinski definition) is 3. The molecule has 0 bridgehead atoms. The monoisotopic (exact) mass is 253 g/mol. The second kappa shape index (κ2) is 4.52. The second-order valence-corrected chi connectivity index (χ2v) is 4.23. The molecule has 1 fully saturated rings. The summed E-state index contributed by atoms with van der Waals surface area (Å²) < 4.78 is 6.58. The lowest BCUT2D eigenvalue weighted by atomic mass is 10.1. The molecule has 1 saturated heterocycles. The van der Waals surface area contributed by atoms with Gasteiger partial charge in [0.25, 0.3) is 0 Å². The third kappa shape index (κ3) is 1.92. The van der Waals surface area contributed by atoms with Gasteiger partial charge in [-0.3, -0.25) is 4.57 Å². The average molecular weight is 253 g/mol. The molecule has 1 aliphatic heterocycles. The number of aryl methyl sites for hydroxylation is 1. The first kappa shape index (κ1) is 12.7. The maximum atomic E-state index is 11.7. The van der Waals surface area contributed by atoms with E-state index in [9.17, 15) is 9.90 Å². The summed E-state index contributed by atoms with van der Waals surface area (Å²) in [4.78, 5) is 15.4. The van der Waals surface area contributed by atoms with E-state index in [0.717, 1.165) is 0 Å². The normalized spacial score (nSPS) is 27.7. The SMILES string of the molecule is C=C1C(O)[C@@H](CO)O[C@H]1n1cc(C)c(N)nc1=O. The largest absolute Gasteiger partial charge is 0.394 e. The van der Waals surface area contributed by atoms with Gasteiger partial charge in [0.05, 0.1) is 6.61 Å². The van der Waals surface area contributed by atoms with Crippen LogP contribution < -0.4 is 11.4 Å². The highest BCUT2D eigenvalue weighted by atomic mass is 16.5. The first-order valence-electron chi connectivity index (χ1n) is 5.44. The lowest BCUT2D eigenvalue weighted by molar-refractivity contribution is -0.0447. The van der Waals surface area contributed by atoms with Crippen molar-refractivity contribution in [2.24, 2.45) is 0 Å². The van der Waals surface area contributed by atoms with Crippen molar-refractivity contribution >= 4 is 5.82 Å². The van der Waals surface area contributed by atoms with E-state index >= 15 is 0 Å². The van der Waals surface area contributed by atoms with Crippen molar-refractivity contribution in [3.8, 4) is 0 Å². The van der Waals surface area contributed by atoms with Crippen LogP contribution in [0.4, 0.5) is 5.82 Å². The Balaban J connectivity index is 2.42. The molecular formula is C11H15N3O4. The Morgan fingerprint density at radius 3 is 2.89 bits per heavy atom. The summed E-state index contributed by atoms with van der Waals surface area (Å²) in [5.41, 5.74) is 5.86. The fraction of sp³-hybridized carbons (Fsp3) is 0.455. The van der Waals surface area contributed by atoms with Gasteiger partial charge in [0, 0.05) is 17.3 Å². The highest BCUT2D eigenvalue weighted by Gasteiger charge is 2.38. The molecule has 18 heavy (non-hydrogen) atoms. The minimum Gasteiger partial charge on any atom is -0.394 e. The highest BCUT2D eigenvalue weighted by Crippen LogP contribution is 2.32. The molecule has 1 aromatic rings. The number of aliphatic hydroxyl groups is 2. The van der Waals surface area contributed by atoms with E-state index in [1.807, 2.05) is 0 Å². The van der Waals surface area contributed by atoms with Crippen LogP contribution in [0.15, 0.2) is 23.1 Å². The van der Waals surface area contributed by atoms with Crippen molar-refractivity contribution in [2.75, 3.05) is 12.3 Å². The Bertz CT molecular complexity index is 540. The zero-order chi connectivity index (χ0) is 13.4. The minimum atomic E-state index is -1.01. The van der Waals surface area contributed by atoms with Crippen LogP contribution in [0, 0.1) is 6.92 Å². The number of nitrogens with two attached hydrogens (primary N) is 1. The molecule has 4 N–H and O–H groups in total. The van der Waals surface area contributed by atoms with E-state index in [4.69, 9.17) is 15.6 Å². The maximum Gasteiger partial charge on any atom is 0.351 e. The molecule has 1 aromatic heterocycles. The molecule has 0 aromatic carbocycles. The molecule has 2 heterocycles. The Hall–Kier alpha value is -1.70. The smallest absolute Gasteiger partial charge is 0.351 e. The van der Waals surface area contributed by atoms with E-state index in [1.165, 1.54) is 10.8 Å². The zero-order valence-electron chi connectivity index (χ0n) is 9.91. The van der Waals surface area contributed by atoms with Crippen LogP contribution in [0.5, 0.6) is 0 Å². The number of nitrogen functional groups attached to an aromatic ring is 1. The van der Waals surface area contributed by atoms with Crippen molar-refractivity contribution < 1.29 is 14.9 Å². The molecule has 0 amide bonds. The molecule has 7 nitrogen and oxygen atoms in total. The molecule has 0 saturated carbocycles. The summed E-state index contributed by atoms with van der Waals surface area (Å²) in [6.07, 6.45) is -1.14. The number of rotatable bonds is 2. The summed E-state index contributed by atoms with van der Waals surface area (Å²) in [7, 11) is 0. The molecule has 7 heteroatoms. The molecule has 98 valence electrons. The van der Waals surface area contributed by atoms with Crippen LogP contribution in [-0.2, 0) is 4.74 Å². The third-order valence-electron chi connectivity index (χ3n) is 2.96. The van der Waals surface area contributed by atoms with Crippen molar-refractivity contribution in [1.82, 2.24) is 9.55 Å². The average Bonchev–Trinajstić information content (AvgIpc) is 2.61. The van der Waals surface area contributed by atoms with Crippen molar-refractivity contribution in [3.63, 3.8) is 0 Å². The lowest BCUT2D eigenvalue weighted by Gasteiger charge is -2.15. The summed E-state index contributed by atoms with van der Waals surface area (Å²) in [5, 5.41) is 18.8. The summed E-state index contributed by atoms with van der Waals surface area (Å²) >= 11 is 0. The highest BCUT2D eigenvalue weighted by molar-refractivity contribution is 5.35. The van der Waals surface area contributed by atoms with Gasteiger partial charge in [-0.2, -0.15) is 4.98 Å². The third-order valence-corrected chi connectivity index (χ3v) is 2.96. The molecular weight excluding hydrogens is 238 g/mol. The summed E-state index contributed by atoms with van der Waals surface area (Å²) in [6, 6.07) is 0. The van der Waals surface area contributed by atoms with E-state index in [2.05, 4.69) is 11.6 Å². The molecule has 0 aliphatic carbocycles. The predicted molar refractivity (Wildman–Crippen MR) is 63.8 cm³/mol. The summed E-state index contributed by atoms with van der Waals surface area (Å²) in [5.74, 6) is 0.152. The van der Waals surface area contributed by atoms with Gasteiger partial charge >= 0.3 is 5.69 Å². The van der Waals surface area contributed by atoms with Crippen LogP contribution in [0.1, 0.15) is 11.8 Å². The fourth-order valence-corrected chi connectivity index (χ4v) is 1.85. The Morgan fingerprint density at radius 2 is 2.33 bits per heavy atom. The fourth-order valence-electron chi connectivity index (χ4n) is 1.85. The van der Waals surface area contributed by atoms with Gasteiger partial charge in [0.15, 0.2) is 6.23 Å². The molecule has 0 radical (unpaired) electrons. The molecule has 2 rings (SSSR count). The van der Waals surface area contributed by atoms with Crippen LogP contribution in [-0.4, -0.2) is 38.6 Å². The topological polar surface area (TPSA) is 111 Å². The van der Waals surface area contributed by atoms with Gasteiger partial charge in [0.1, 0.15) is 18.0 Å². The van der Waals surface area contributed by atoms with Gasteiger partial charge in [-0.1, -0.05) is 6.58 Å². The number of ether oxygens (including phenoxy) is 1. The van der Waals surface area contributed by atoms with Crippen LogP contribution >= 0.6 is 0 Å². The van der Waals surface area contributed by atoms with Gasteiger partial charge in [-0.15, -0.1) is 0 Å². The van der Waals surface area contributed by atoms with E-state index in [1.54, 1.807) is 6.92 Å². The Morgan fingerprint density at radius 1 is 1.67 bits per heavy atom. The minimum absolute atomic E-state index is 0.152. The zero-order valence-corrected chi connectivity index (χ0v) is 9.91. The number of aliphatic hydroxyl groups excluding tert-OH is 2. The first-order valence-corrected chi connectivity index (χ1v) is 5.44. The van der Waals surface area contributed by atoms with Gasteiger partial charge in [-0.25, -0.2) is 4.79 Å². The van der Waals surface area contributed by atoms with Crippen LogP contribution in [0.25, 0.3) is 0 Å². The molecule has 1 aliphatic rings. The van der Waals surface area contributed by atoms with Crippen LogP contribution in [0.2, 0.25) is 0 Å². The predicted octanol–water partition coefficient (Wildman–Crippen LogP) is -1.06. The number of nitrogens with zero attached hydrogens (tertiary/aromatic N) is 2. The molecule has 0 spiro atoms. The van der Waals surface area contributed by atoms with E-state index in [-0.39, 0.29) is 12.4 Å². The van der Waals surface area contributed by atoms with Crippen LogP contribution in [0.3, 0.4) is 0 Å². The Labute approximate surface area is 103 Å². The second-order valence-electron chi connectivity index (χ2n) is 4.23. The number of anilines is 1. The van der Waals surface area contributed by atoms with E-state index < -0.39 is 24.1 Å². The van der Waals surface area contributed by atoms with Gasteiger partial charge < -0.3 is 20.7 Å². The number of aromatic nitrogens is 2. The van der Waals surface area contributed by atoms with E-state index in [0.29, 0.717) is 11.1 Å². The molecule has 3 atom stereocenters. The van der Waals surface area contributed by atoms with Crippen molar-refractivity contribution in [1.29, 1.82) is 0 Å². The quantitative estimate of drug-likeness (QED) is 0.579. The lowest BCUT2D eigenvalue weighted by Crippen LogP contribution is -2.29. The van der Waals surface area contributed by atoms with Crippen molar-refractivity contribution in [3.05, 3.63) is 34.4 Å².